The number of hydrogen-bond acceptors (Lipinski definition) is 1. The lowest BCUT2D eigenvalue weighted by Gasteiger charge is -2.15. The molecule has 0 aliphatic rings. The molecule has 1 aromatic heterocycles. The second kappa shape index (κ2) is 3.38. The minimum Gasteiger partial charge on any atom is -0.358 e. The van der Waals surface area contributed by atoms with Gasteiger partial charge in [-0.05, 0) is 17.0 Å². The normalized spacial score (nSPS) is 12.3. The van der Waals surface area contributed by atoms with Gasteiger partial charge < -0.3 is 10.7 Å². The highest BCUT2D eigenvalue weighted by Crippen LogP contribution is 2.27. The number of fused-ring (bicyclic) bond motifs is 1. The fourth-order valence-corrected chi connectivity index (χ4v) is 1.79. The quantitative estimate of drug-likeness (QED) is 0.733. The van der Waals surface area contributed by atoms with Crippen molar-refractivity contribution in [3.05, 3.63) is 35.5 Å². The van der Waals surface area contributed by atoms with Crippen molar-refractivity contribution in [3.63, 3.8) is 0 Å². The number of rotatable bonds is 1. The Kier molecular flexibility index (Phi) is 2.31. The fourth-order valence-electron chi connectivity index (χ4n) is 1.79. The first kappa shape index (κ1) is 10.2. The van der Waals surface area contributed by atoms with E-state index in [1.165, 1.54) is 22.2 Å². The van der Waals surface area contributed by atoms with Crippen molar-refractivity contribution >= 4 is 10.9 Å². The SMILES string of the molecule is CC(C)(C)c1cc2cccc(CN)c2[nH]1. The van der Waals surface area contributed by atoms with Crippen molar-refractivity contribution in [3.8, 4) is 0 Å². The molecular weight excluding hydrogens is 184 g/mol. The number of para-hydroxylation sites is 1. The summed E-state index contributed by atoms with van der Waals surface area (Å²) in [5.74, 6) is 0. The van der Waals surface area contributed by atoms with E-state index in [0.717, 1.165) is 0 Å². The summed E-state index contributed by atoms with van der Waals surface area (Å²) in [6.07, 6.45) is 0. The molecule has 1 heterocycles. The molecule has 0 amide bonds. The minimum absolute atomic E-state index is 0.158. The van der Waals surface area contributed by atoms with E-state index in [9.17, 15) is 0 Å². The molecule has 2 heteroatoms. The van der Waals surface area contributed by atoms with Crippen LogP contribution in [-0.2, 0) is 12.0 Å². The Hall–Kier alpha value is -1.28. The van der Waals surface area contributed by atoms with Crippen LogP contribution in [0.15, 0.2) is 24.3 Å². The summed E-state index contributed by atoms with van der Waals surface area (Å²) in [6.45, 7) is 7.21. The minimum atomic E-state index is 0.158. The Bertz CT molecular complexity index is 475. The molecule has 0 bridgehead atoms. The highest BCUT2D eigenvalue weighted by atomic mass is 14.7. The monoisotopic (exact) mass is 202 g/mol. The number of aromatic nitrogens is 1. The average Bonchev–Trinajstić information content (AvgIpc) is 2.59. The van der Waals surface area contributed by atoms with E-state index in [1.807, 2.05) is 0 Å². The maximum atomic E-state index is 5.71. The summed E-state index contributed by atoms with van der Waals surface area (Å²) in [5, 5.41) is 1.25. The molecule has 0 unspecified atom stereocenters. The maximum absolute atomic E-state index is 5.71. The molecule has 0 atom stereocenters. The fraction of sp³-hybridized carbons (Fsp3) is 0.385. The number of aromatic amines is 1. The summed E-state index contributed by atoms with van der Waals surface area (Å²) >= 11 is 0. The lowest BCUT2D eigenvalue weighted by Crippen LogP contribution is -2.11. The van der Waals surface area contributed by atoms with Gasteiger partial charge in [0.25, 0.3) is 0 Å². The van der Waals surface area contributed by atoms with E-state index in [-0.39, 0.29) is 5.41 Å². The molecule has 0 spiro atoms. The first-order chi connectivity index (χ1) is 7.02. The van der Waals surface area contributed by atoms with Crippen LogP contribution < -0.4 is 5.73 Å². The first-order valence-electron chi connectivity index (χ1n) is 5.33. The van der Waals surface area contributed by atoms with E-state index in [4.69, 9.17) is 5.73 Å². The topological polar surface area (TPSA) is 41.8 Å². The highest BCUT2D eigenvalue weighted by molar-refractivity contribution is 5.83. The molecule has 0 fully saturated rings. The number of nitrogens with two attached hydrogens (primary N) is 1. The van der Waals surface area contributed by atoms with Crippen LogP contribution in [0.5, 0.6) is 0 Å². The van der Waals surface area contributed by atoms with Gasteiger partial charge in [-0.3, -0.25) is 0 Å². The van der Waals surface area contributed by atoms with Crippen LogP contribution in [0.4, 0.5) is 0 Å². The Balaban J connectivity index is 2.65. The van der Waals surface area contributed by atoms with Crippen LogP contribution in [0.1, 0.15) is 32.0 Å². The summed E-state index contributed by atoms with van der Waals surface area (Å²) in [7, 11) is 0. The van der Waals surface area contributed by atoms with Gasteiger partial charge in [-0.2, -0.15) is 0 Å². The van der Waals surface area contributed by atoms with E-state index < -0.39 is 0 Å². The predicted molar refractivity (Wildman–Crippen MR) is 64.9 cm³/mol. The largest absolute Gasteiger partial charge is 0.358 e. The second-order valence-electron chi connectivity index (χ2n) is 5.02. The van der Waals surface area contributed by atoms with Gasteiger partial charge in [-0.1, -0.05) is 39.0 Å². The molecule has 3 N–H and O–H groups in total. The molecule has 0 aliphatic heterocycles. The highest BCUT2D eigenvalue weighted by Gasteiger charge is 2.16. The molecule has 15 heavy (non-hydrogen) atoms. The second-order valence-corrected chi connectivity index (χ2v) is 5.02. The molecular formula is C13H18N2. The van der Waals surface area contributed by atoms with Crippen molar-refractivity contribution in [1.29, 1.82) is 0 Å². The maximum Gasteiger partial charge on any atom is 0.0501 e. The van der Waals surface area contributed by atoms with Crippen LogP contribution in [0.25, 0.3) is 10.9 Å². The predicted octanol–water partition coefficient (Wildman–Crippen LogP) is 2.92. The third-order valence-electron chi connectivity index (χ3n) is 2.77. The average molecular weight is 202 g/mol. The number of nitrogens with one attached hydrogen (secondary N) is 1. The van der Waals surface area contributed by atoms with E-state index in [1.54, 1.807) is 0 Å². The summed E-state index contributed by atoms with van der Waals surface area (Å²) < 4.78 is 0. The molecule has 1 aromatic carbocycles. The van der Waals surface area contributed by atoms with Crippen molar-refractivity contribution < 1.29 is 0 Å². The van der Waals surface area contributed by atoms with Crippen molar-refractivity contribution in [1.82, 2.24) is 4.98 Å². The zero-order chi connectivity index (χ0) is 11.1. The Morgan fingerprint density at radius 3 is 2.60 bits per heavy atom. The third-order valence-corrected chi connectivity index (χ3v) is 2.77. The molecule has 0 radical (unpaired) electrons. The summed E-state index contributed by atoms with van der Waals surface area (Å²) in [6, 6.07) is 8.48. The lowest BCUT2D eigenvalue weighted by molar-refractivity contribution is 0.574. The molecule has 2 nitrogen and oxygen atoms in total. The summed E-state index contributed by atoms with van der Waals surface area (Å²) in [4.78, 5) is 3.48. The molecule has 0 aliphatic carbocycles. The first-order valence-corrected chi connectivity index (χ1v) is 5.33. The number of benzene rings is 1. The molecule has 2 rings (SSSR count). The van der Waals surface area contributed by atoms with Crippen LogP contribution in [0.3, 0.4) is 0 Å². The Labute approximate surface area is 90.5 Å². The van der Waals surface area contributed by atoms with Gasteiger partial charge in [-0.25, -0.2) is 0 Å². The zero-order valence-corrected chi connectivity index (χ0v) is 9.59. The van der Waals surface area contributed by atoms with Gasteiger partial charge >= 0.3 is 0 Å². The van der Waals surface area contributed by atoms with Crippen LogP contribution in [-0.4, -0.2) is 4.98 Å². The van der Waals surface area contributed by atoms with Gasteiger partial charge in [0.05, 0.1) is 5.52 Å². The molecule has 0 saturated heterocycles. The van der Waals surface area contributed by atoms with Gasteiger partial charge in [0, 0.05) is 17.7 Å². The van der Waals surface area contributed by atoms with Gasteiger partial charge in [0.1, 0.15) is 0 Å². The molecule has 80 valence electrons. The lowest BCUT2D eigenvalue weighted by atomic mass is 9.92. The van der Waals surface area contributed by atoms with Crippen molar-refractivity contribution in [2.45, 2.75) is 32.7 Å². The Morgan fingerprint density at radius 1 is 1.27 bits per heavy atom. The van der Waals surface area contributed by atoms with Crippen LogP contribution in [0.2, 0.25) is 0 Å². The van der Waals surface area contributed by atoms with Crippen LogP contribution in [0, 0.1) is 0 Å². The molecule has 0 saturated carbocycles. The Morgan fingerprint density at radius 2 is 2.00 bits per heavy atom. The van der Waals surface area contributed by atoms with Gasteiger partial charge in [0.2, 0.25) is 0 Å². The van der Waals surface area contributed by atoms with Crippen molar-refractivity contribution in [2.24, 2.45) is 5.73 Å². The van der Waals surface area contributed by atoms with E-state index in [2.05, 4.69) is 50.0 Å². The molecule has 2 aromatic rings. The smallest absolute Gasteiger partial charge is 0.0501 e. The van der Waals surface area contributed by atoms with Crippen molar-refractivity contribution in [2.75, 3.05) is 0 Å². The standard InChI is InChI=1S/C13H18N2/c1-13(2,3)11-7-9-5-4-6-10(8-14)12(9)15-11/h4-7,15H,8,14H2,1-3H3. The zero-order valence-electron chi connectivity index (χ0n) is 9.59. The summed E-state index contributed by atoms with van der Waals surface area (Å²) in [5.41, 5.74) is 9.50. The van der Waals surface area contributed by atoms with Gasteiger partial charge in [-0.15, -0.1) is 0 Å². The number of hydrogen-bond donors (Lipinski definition) is 2. The third kappa shape index (κ3) is 1.77. The van der Waals surface area contributed by atoms with Crippen LogP contribution >= 0.6 is 0 Å². The van der Waals surface area contributed by atoms with E-state index in [0.29, 0.717) is 6.54 Å². The number of H-pyrrole nitrogens is 1. The van der Waals surface area contributed by atoms with Gasteiger partial charge in [0.15, 0.2) is 0 Å². The van der Waals surface area contributed by atoms with E-state index >= 15 is 0 Å².